The average Bonchev–Trinajstić information content (AvgIpc) is 3.48. The molecular formula is C20H15ClN6OS2. The van der Waals surface area contributed by atoms with E-state index in [-0.39, 0.29) is 5.91 Å². The smallest absolute Gasteiger partial charge is 0.267 e. The second-order valence-corrected chi connectivity index (χ2v) is 9.33. The lowest BCUT2D eigenvalue weighted by molar-refractivity contribution is 0.103. The van der Waals surface area contributed by atoms with Gasteiger partial charge in [0.05, 0.1) is 39.0 Å². The number of pyridine rings is 1. The van der Waals surface area contributed by atoms with E-state index in [1.807, 2.05) is 54.0 Å². The van der Waals surface area contributed by atoms with Gasteiger partial charge in [-0.15, -0.1) is 22.7 Å². The Hall–Kier alpha value is -3.01. The number of carbonyl (C=O) groups excluding carboxylic acids is 1. The van der Waals surface area contributed by atoms with Gasteiger partial charge in [0.2, 0.25) is 0 Å². The quantitative estimate of drug-likeness (QED) is 0.406. The molecule has 30 heavy (non-hydrogen) atoms. The summed E-state index contributed by atoms with van der Waals surface area (Å²) in [6.45, 7) is 2.34. The van der Waals surface area contributed by atoms with Crippen LogP contribution in [-0.2, 0) is 6.54 Å². The van der Waals surface area contributed by atoms with Crippen LogP contribution in [0.15, 0.2) is 55.1 Å². The normalized spacial score (nSPS) is 11.3. The number of imidazole rings is 1. The number of aromatic nitrogens is 5. The van der Waals surface area contributed by atoms with Gasteiger partial charge in [0.1, 0.15) is 15.5 Å². The van der Waals surface area contributed by atoms with Crippen molar-refractivity contribution in [3.05, 3.63) is 75.7 Å². The molecule has 0 aromatic carbocycles. The first kappa shape index (κ1) is 19.0. The van der Waals surface area contributed by atoms with Gasteiger partial charge in [-0.1, -0.05) is 17.7 Å². The third-order valence-electron chi connectivity index (χ3n) is 4.42. The Kier molecular flexibility index (Phi) is 4.86. The third-order valence-corrected chi connectivity index (χ3v) is 6.97. The van der Waals surface area contributed by atoms with Crippen molar-refractivity contribution < 1.29 is 4.79 Å². The predicted molar refractivity (Wildman–Crippen MR) is 120 cm³/mol. The first-order chi connectivity index (χ1) is 14.5. The lowest BCUT2D eigenvalue weighted by Gasteiger charge is -2.00. The van der Waals surface area contributed by atoms with Crippen molar-refractivity contribution in [1.82, 2.24) is 24.1 Å². The van der Waals surface area contributed by atoms with E-state index in [9.17, 15) is 4.79 Å². The van der Waals surface area contributed by atoms with Gasteiger partial charge in [-0.3, -0.25) is 9.48 Å². The summed E-state index contributed by atoms with van der Waals surface area (Å²) in [4.78, 5) is 23.4. The molecule has 0 aliphatic heterocycles. The summed E-state index contributed by atoms with van der Waals surface area (Å²) in [5.41, 5.74) is 3.09. The van der Waals surface area contributed by atoms with Crippen molar-refractivity contribution in [2.24, 2.45) is 0 Å². The number of fused-ring (bicyclic) bond motifs is 1. The van der Waals surface area contributed by atoms with E-state index in [0.29, 0.717) is 27.1 Å². The molecule has 0 bridgehead atoms. The highest BCUT2D eigenvalue weighted by Crippen LogP contribution is 2.35. The molecule has 5 rings (SSSR count). The Bertz CT molecular complexity index is 1330. The van der Waals surface area contributed by atoms with E-state index in [4.69, 9.17) is 11.6 Å². The molecule has 0 radical (unpaired) electrons. The molecule has 0 atom stereocenters. The molecule has 1 N–H and O–H groups in total. The van der Waals surface area contributed by atoms with Crippen LogP contribution in [-0.4, -0.2) is 30.1 Å². The summed E-state index contributed by atoms with van der Waals surface area (Å²) in [5, 5.41) is 8.02. The summed E-state index contributed by atoms with van der Waals surface area (Å²) in [7, 11) is 0. The molecule has 0 aliphatic rings. The van der Waals surface area contributed by atoms with E-state index in [0.717, 1.165) is 21.2 Å². The van der Waals surface area contributed by atoms with E-state index < -0.39 is 0 Å². The van der Waals surface area contributed by atoms with Crippen LogP contribution in [0.25, 0.3) is 15.5 Å². The van der Waals surface area contributed by atoms with E-state index in [2.05, 4.69) is 20.4 Å². The van der Waals surface area contributed by atoms with Gasteiger partial charge in [0, 0.05) is 18.6 Å². The van der Waals surface area contributed by atoms with E-state index in [1.165, 1.54) is 22.7 Å². The van der Waals surface area contributed by atoms with Crippen molar-refractivity contribution in [2.75, 3.05) is 5.32 Å². The molecule has 0 spiro atoms. The lowest BCUT2D eigenvalue weighted by Crippen LogP contribution is -2.11. The van der Waals surface area contributed by atoms with Gasteiger partial charge < -0.3 is 9.72 Å². The van der Waals surface area contributed by atoms with Crippen LogP contribution < -0.4 is 5.32 Å². The number of thiazole rings is 1. The fourth-order valence-electron chi connectivity index (χ4n) is 3.07. The Morgan fingerprint density at radius 1 is 1.17 bits per heavy atom. The third kappa shape index (κ3) is 3.74. The summed E-state index contributed by atoms with van der Waals surface area (Å²) in [6, 6.07) is 9.60. The lowest BCUT2D eigenvalue weighted by atomic mass is 10.3. The van der Waals surface area contributed by atoms with E-state index in [1.54, 1.807) is 17.1 Å². The largest absolute Gasteiger partial charge is 0.319 e. The fraction of sp³-hybridized carbons (Fsp3) is 0.100. The molecule has 7 nitrogen and oxygen atoms in total. The molecule has 150 valence electrons. The number of rotatable bonds is 5. The number of amides is 1. The summed E-state index contributed by atoms with van der Waals surface area (Å²) in [5.74, 6) is -0.203. The van der Waals surface area contributed by atoms with Crippen molar-refractivity contribution in [3.63, 3.8) is 0 Å². The van der Waals surface area contributed by atoms with Crippen molar-refractivity contribution in [1.29, 1.82) is 0 Å². The number of nitrogens with zero attached hydrogens (tertiary/aromatic N) is 5. The zero-order valence-electron chi connectivity index (χ0n) is 15.7. The number of thiophene rings is 1. The van der Waals surface area contributed by atoms with Crippen molar-refractivity contribution >= 4 is 51.5 Å². The van der Waals surface area contributed by atoms with Crippen LogP contribution in [0.5, 0.6) is 0 Å². The van der Waals surface area contributed by atoms with Crippen LogP contribution in [0.3, 0.4) is 0 Å². The highest BCUT2D eigenvalue weighted by Gasteiger charge is 2.18. The molecule has 10 heteroatoms. The number of aryl methyl sites for hydroxylation is 1. The number of halogens is 1. The molecule has 5 aromatic heterocycles. The van der Waals surface area contributed by atoms with E-state index >= 15 is 0 Å². The zero-order valence-corrected chi connectivity index (χ0v) is 18.1. The molecule has 0 saturated carbocycles. The van der Waals surface area contributed by atoms with Gasteiger partial charge in [-0.25, -0.2) is 9.97 Å². The molecule has 0 saturated heterocycles. The Balaban J connectivity index is 1.30. The highest BCUT2D eigenvalue weighted by molar-refractivity contribution is 7.24. The van der Waals surface area contributed by atoms with Gasteiger partial charge >= 0.3 is 0 Å². The van der Waals surface area contributed by atoms with Gasteiger partial charge in [-0.2, -0.15) is 5.10 Å². The molecule has 5 heterocycles. The minimum Gasteiger partial charge on any atom is -0.319 e. The van der Waals surface area contributed by atoms with Crippen LogP contribution in [0, 0.1) is 6.92 Å². The average molecular weight is 455 g/mol. The second-order valence-electron chi connectivity index (χ2n) is 6.62. The number of hydrogen-bond acceptors (Lipinski definition) is 6. The standard InChI is InChI=1S/C20H15ClN6OS2/c1-12-18(30-20(23-12)15-5-6-16(21)29-15)19(28)25-13-8-22-27(10-13)11-14-9-26-7-3-2-4-17(26)24-14/h2-10H,11H2,1H3,(H,25,28). The van der Waals surface area contributed by atoms with Gasteiger partial charge in [-0.05, 0) is 31.2 Å². The first-order valence-corrected chi connectivity index (χ1v) is 11.1. The summed E-state index contributed by atoms with van der Waals surface area (Å²) in [6.07, 6.45) is 7.34. The van der Waals surface area contributed by atoms with Crippen LogP contribution in [0.2, 0.25) is 4.34 Å². The molecule has 5 aromatic rings. The fourth-order valence-corrected chi connectivity index (χ4v) is 5.13. The van der Waals surface area contributed by atoms with Crippen LogP contribution in [0.4, 0.5) is 5.69 Å². The highest BCUT2D eigenvalue weighted by atomic mass is 35.5. The topological polar surface area (TPSA) is 77.1 Å². The molecule has 0 unspecified atom stereocenters. The summed E-state index contributed by atoms with van der Waals surface area (Å²) >= 11 is 8.81. The van der Waals surface area contributed by atoms with Crippen LogP contribution >= 0.6 is 34.3 Å². The maximum atomic E-state index is 12.8. The number of hydrogen-bond donors (Lipinski definition) is 1. The minimum atomic E-state index is -0.203. The molecule has 0 fully saturated rings. The number of anilines is 1. The number of nitrogens with one attached hydrogen (secondary N) is 1. The van der Waals surface area contributed by atoms with Crippen molar-refractivity contribution in [3.8, 4) is 9.88 Å². The van der Waals surface area contributed by atoms with Crippen molar-refractivity contribution in [2.45, 2.75) is 13.5 Å². The predicted octanol–water partition coefficient (Wildman–Crippen LogP) is 4.98. The Labute approximate surface area is 184 Å². The van der Waals surface area contributed by atoms with Crippen LogP contribution in [0.1, 0.15) is 21.1 Å². The van der Waals surface area contributed by atoms with Gasteiger partial charge in [0.15, 0.2) is 0 Å². The number of carbonyl (C=O) groups is 1. The maximum absolute atomic E-state index is 12.8. The Morgan fingerprint density at radius 2 is 2.07 bits per heavy atom. The minimum absolute atomic E-state index is 0.203. The molecule has 1 amide bonds. The zero-order chi connectivity index (χ0) is 20.7. The van der Waals surface area contributed by atoms with Gasteiger partial charge in [0.25, 0.3) is 5.91 Å². The Morgan fingerprint density at radius 3 is 2.87 bits per heavy atom. The molecule has 0 aliphatic carbocycles. The monoisotopic (exact) mass is 454 g/mol. The molecular weight excluding hydrogens is 440 g/mol. The maximum Gasteiger partial charge on any atom is 0.267 e. The SMILES string of the molecule is Cc1nc(-c2ccc(Cl)s2)sc1C(=O)Nc1cnn(Cc2cn3ccccc3n2)c1. The summed E-state index contributed by atoms with van der Waals surface area (Å²) < 4.78 is 4.41. The first-order valence-electron chi connectivity index (χ1n) is 9.05. The second kappa shape index (κ2) is 7.67.